The number of pyridine rings is 1. The number of nitrogens with zero attached hydrogens (tertiary/aromatic N) is 5. The van der Waals surface area contributed by atoms with Crippen LogP contribution in [0.1, 0.15) is 11.7 Å². The van der Waals surface area contributed by atoms with Crippen molar-refractivity contribution in [3.05, 3.63) is 65.6 Å². The van der Waals surface area contributed by atoms with Gasteiger partial charge >= 0.3 is 0 Å². The number of anilines is 1. The molecule has 0 unspecified atom stereocenters. The number of nitrogens with one attached hydrogen (secondary N) is 1. The Kier molecular flexibility index (Phi) is 4.70. The number of fused-ring (bicyclic) bond motifs is 1. The van der Waals surface area contributed by atoms with E-state index in [-0.39, 0.29) is 6.54 Å². The number of aromatic nitrogens is 5. The second kappa shape index (κ2) is 7.30. The van der Waals surface area contributed by atoms with Gasteiger partial charge < -0.3 is 10.4 Å². The molecule has 0 aliphatic heterocycles. The molecule has 0 amide bonds. The summed E-state index contributed by atoms with van der Waals surface area (Å²) in [6.07, 6.45) is 4.32. The highest BCUT2D eigenvalue weighted by molar-refractivity contribution is 6.31. The van der Waals surface area contributed by atoms with Crippen LogP contribution in [-0.4, -0.2) is 36.4 Å². The van der Waals surface area contributed by atoms with Gasteiger partial charge in [-0.1, -0.05) is 29.8 Å². The van der Waals surface area contributed by atoms with Crippen LogP contribution in [0.15, 0.2) is 55.0 Å². The molecule has 0 saturated carbocycles. The van der Waals surface area contributed by atoms with E-state index in [0.717, 1.165) is 10.9 Å². The third kappa shape index (κ3) is 3.47. The molecular formula is C19H17ClN6O. The molecule has 8 heteroatoms. The van der Waals surface area contributed by atoms with E-state index in [1.165, 1.54) is 0 Å². The summed E-state index contributed by atoms with van der Waals surface area (Å²) < 4.78 is 1.69. The summed E-state index contributed by atoms with van der Waals surface area (Å²) in [5.41, 5.74) is 2.21. The molecule has 0 saturated heterocycles. The molecule has 7 nitrogen and oxygen atoms in total. The van der Waals surface area contributed by atoms with Crippen molar-refractivity contribution in [2.45, 2.75) is 6.10 Å². The molecule has 0 radical (unpaired) electrons. The van der Waals surface area contributed by atoms with E-state index in [1.54, 1.807) is 35.4 Å². The first-order valence-corrected chi connectivity index (χ1v) is 8.78. The largest absolute Gasteiger partial charge is 0.387 e. The third-order valence-corrected chi connectivity index (χ3v) is 4.60. The van der Waals surface area contributed by atoms with E-state index in [9.17, 15) is 5.11 Å². The van der Waals surface area contributed by atoms with Crippen LogP contribution in [0.4, 0.5) is 5.82 Å². The van der Waals surface area contributed by atoms with Crippen molar-refractivity contribution in [1.29, 1.82) is 0 Å². The summed E-state index contributed by atoms with van der Waals surface area (Å²) in [6.45, 7) is 0.251. The lowest BCUT2D eigenvalue weighted by molar-refractivity contribution is 0.191. The summed E-state index contributed by atoms with van der Waals surface area (Å²) in [5.74, 6) is 1.16. The van der Waals surface area contributed by atoms with Gasteiger partial charge in [-0.3, -0.25) is 9.67 Å². The van der Waals surface area contributed by atoms with E-state index in [1.807, 2.05) is 31.3 Å². The van der Waals surface area contributed by atoms with Gasteiger partial charge in [0.05, 0.1) is 17.7 Å². The van der Waals surface area contributed by atoms with Crippen LogP contribution in [0.5, 0.6) is 0 Å². The van der Waals surface area contributed by atoms with Crippen molar-refractivity contribution < 1.29 is 5.11 Å². The number of benzene rings is 1. The van der Waals surface area contributed by atoms with Crippen molar-refractivity contribution in [2.75, 3.05) is 11.9 Å². The van der Waals surface area contributed by atoms with E-state index >= 15 is 0 Å². The van der Waals surface area contributed by atoms with E-state index in [2.05, 4.69) is 25.4 Å². The number of aliphatic hydroxyl groups is 1. The highest BCUT2D eigenvalue weighted by atomic mass is 35.5. The van der Waals surface area contributed by atoms with Crippen LogP contribution in [0.2, 0.25) is 5.02 Å². The van der Waals surface area contributed by atoms with Gasteiger partial charge in [0, 0.05) is 42.1 Å². The zero-order chi connectivity index (χ0) is 18.8. The fraction of sp³-hybridized carbons (Fsp3) is 0.158. The molecule has 1 atom stereocenters. The molecule has 0 aliphatic carbocycles. The summed E-state index contributed by atoms with van der Waals surface area (Å²) in [5, 5.41) is 19.3. The maximum atomic E-state index is 10.5. The van der Waals surface area contributed by atoms with Crippen LogP contribution in [0.25, 0.3) is 22.4 Å². The van der Waals surface area contributed by atoms with Gasteiger partial charge in [0.1, 0.15) is 5.82 Å². The average molecular weight is 381 g/mol. The lowest BCUT2D eigenvalue weighted by Gasteiger charge is -2.15. The fourth-order valence-corrected chi connectivity index (χ4v) is 3.10. The average Bonchev–Trinajstić information content (AvgIpc) is 3.08. The van der Waals surface area contributed by atoms with Crippen LogP contribution in [0, 0.1) is 0 Å². The summed E-state index contributed by atoms with van der Waals surface area (Å²) in [7, 11) is 1.83. The minimum atomic E-state index is -0.773. The Labute approximate surface area is 160 Å². The molecular weight excluding hydrogens is 364 g/mol. The maximum Gasteiger partial charge on any atom is 0.164 e. The molecule has 0 aliphatic rings. The standard InChI is InChI=1S/C19H17ClN6O/c1-26-19-14(10-23-26)18(24-17(25-19)12-6-8-21-9-7-12)22-11-16(27)13-4-2-3-5-15(13)20/h2-10,16,27H,11H2,1H3,(H,22,24,25)/t16-/m0/s1. The van der Waals surface area contributed by atoms with Crippen LogP contribution in [0.3, 0.4) is 0 Å². The second-order valence-corrected chi connectivity index (χ2v) is 6.46. The minimum Gasteiger partial charge on any atom is -0.387 e. The van der Waals surface area contributed by atoms with Crippen molar-refractivity contribution in [1.82, 2.24) is 24.7 Å². The van der Waals surface area contributed by atoms with Gasteiger partial charge in [0.15, 0.2) is 11.5 Å². The second-order valence-electron chi connectivity index (χ2n) is 6.06. The molecule has 1 aromatic carbocycles. The molecule has 0 spiro atoms. The van der Waals surface area contributed by atoms with Gasteiger partial charge in [-0.2, -0.15) is 5.10 Å². The fourth-order valence-electron chi connectivity index (χ4n) is 2.84. The number of hydrogen-bond acceptors (Lipinski definition) is 6. The van der Waals surface area contributed by atoms with Gasteiger partial charge in [-0.15, -0.1) is 0 Å². The van der Waals surface area contributed by atoms with E-state index < -0.39 is 6.10 Å². The highest BCUT2D eigenvalue weighted by Gasteiger charge is 2.15. The predicted octanol–water partition coefficient (Wildman–Crippen LogP) is 3.22. The molecule has 4 aromatic rings. The number of aliphatic hydroxyl groups excluding tert-OH is 1. The number of aryl methyl sites for hydroxylation is 1. The maximum absolute atomic E-state index is 10.5. The number of hydrogen-bond donors (Lipinski definition) is 2. The first-order chi connectivity index (χ1) is 13.1. The quantitative estimate of drug-likeness (QED) is 0.552. The summed E-state index contributed by atoms with van der Waals surface area (Å²) in [6, 6.07) is 10.9. The monoisotopic (exact) mass is 380 g/mol. The van der Waals surface area contributed by atoms with Crippen LogP contribution < -0.4 is 5.32 Å². The Balaban J connectivity index is 1.67. The summed E-state index contributed by atoms with van der Waals surface area (Å²) >= 11 is 6.17. The van der Waals surface area contributed by atoms with E-state index in [0.29, 0.717) is 27.9 Å². The van der Waals surface area contributed by atoms with Gasteiger partial charge in [-0.25, -0.2) is 9.97 Å². The third-order valence-electron chi connectivity index (χ3n) is 4.26. The number of halogens is 1. The lowest BCUT2D eigenvalue weighted by atomic mass is 10.1. The van der Waals surface area contributed by atoms with Gasteiger partial charge in [-0.05, 0) is 18.2 Å². The van der Waals surface area contributed by atoms with Gasteiger partial charge in [0.2, 0.25) is 0 Å². The molecule has 4 rings (SSSR count). The molecule has 136 valence electrons. The topological polar surface area (TPSA) is 88.8 Å². The molecule has 3 heterocycles. The molecule has 2 N–H and O–H groups in total. The van der Waals surface area contributed by atoms with Crippen LogP contribution >= 0.6 is 11.6 Å². The zero-order valence-electron chi connectivity index (χ0n) is 14.5. The Morgan fingerprint density at radius 2 is 1.93 bits per heavy atom. The predicted molar refractivity (Wildman–Crippen MR) is 104 cm³/mol. The Morgan fingerprint density at radius 3 is 2.70 bits per heavy atom. The first kappa shape index (κ1) is 17.4. The van der Waals surface area contributed by atoms with Gasteiger partial charge in [0.25, 0.3) is 0 Å². The highest BCUT2D eigenvalue weighted by Crippen LogP contribution is 2.26. The van der Waals surface area contributed by atoms with Crippen LogP contribution in [-0.2, 0) is 7.05 Å². The Hall–Kier alpha value is -3.03. The molecule has 27 heavy (non-hydrogen) atoms. The minimum absolute atomic E-state index is 0.251. The van der Waals surface area contributed by atoms with Crippen molar-refractivity contribution in [3.63, 3.8) is 0 Å². The molecule has 0 bridgehead atoms. The van der Waals surface area contributed by atoms with E-state index in [4.69, 9.17) is 11.6 Å². The lowest BCUT2D eigenvalue weighted by Crippen LogP contribution is -2.14. The smallest absolute Gasteiger partial charge is 0.164 e. The normalized spacial score (nSPS) is 12.3. The van der Waals surface area contributed by atoms with Crippen molar-refractivity contribution in [3.8, 4) is 11.4 Å². The SMILES string of the molecule is Cn1ncc2c(NC[C@H](O)c3ccccc3Cl)nc(-c3ccncc3)nc21. The Bertz CT molecular complexity index is 1080. The van der Waals surface area contributed by atoms with Crippen molar-refractivity contribution in [2.24, 2.45) is 7.05 Å². The molecule has 0 fully saturated rings. The van der Waals surface area contributed by atoms with Crippen molar-refractivity contribution >= 4 is 28.5 Å². The summed E-state index contributed by atoms with van der Waals surface area (Å²) in [4.78, 5) is 13.3. The Morgan fingerprint density at radius 1 is 1.15 bits per heavy atom. The zero-order valence-corrected chi connectivity index (χ0v) is 15.3. The first-order valence-electron chi connectivity index (χ1n) is 8.40. The molecule has 3 aromatic heterocycles. The number of rotatable bonds is 5.